The summed E-state index contributed by atoms with van der Waals surface area (Å²) in [6, 6.07) is 9.64. The Hall–Kier alpha value is -3.46. The van der Waals surface area contributed by atoms with Crippen LogP contribution in [0.15, 0.2) is 42.6 Å². The topological polar surface area (TPSA) is 60.4 Å². The van der Waals surface area contributed by atoms with Crippen LogP contribution in [0.5, 0.6) is 11.9 Å². The smallest absolute Gasteiger partial charge is 0.320 e. The zero-order valence-electron chi connectivity index (χ0n) is 18.9. The van der Waals surface area contributed by atoms with Crippen molar-refractivity contribution in [3.05, 3.63) is 54.2 Å². The van der Waals surface area contributed by atoms with Crippen molar-refractivity contribution < 1.29 is 22.6 Å². The van der Waals surface area contributed by atoms with E-state index in [4.69, 9.17) is 9.47 Å². The molecular weight excluding hydrogens is 457 g/mol. The molecule has 4 heterocycles. The van der Waals surface area contributed by atoms with Crippen LogP contribution >= 0.6 is 0 Å². The minimum atomic E-state index is -1.15. The number of hydrogen-bond acceptors (Lipinski definition) is 6. The molecule has 0 saturated carbocycles. The highest BCUT2D eigenvalue weighted by atomic mass is 19.1. The molecule has 2 fully saturated rings. The van der Waals surface area contributed by atoms with E-state index in [1.165, 1.54) is 12.3 Å². The molecule has 180 valence electrons. The number of ether oxygens (including phenoxy) is 2. The molecule has 9 heteroatoms. The predicted molar refractivity (Wildman–Crippen MR) is 125 cm³/mol. The number of alkyl halides is 1. The molecule has 2 aliphatic heterocycles. The second-order valence-electron chi connectivity index (χ2n) is 9.10. The van der Waals surface area contributed by atoms with E-state index in [0.29, 0.717) is 17.6 Å². The minimum Gasteiger partial charge on any atom is -0.461 e. The standard InChI is InChI=1S/C26H23F3N4O2/c27-15-35-24-18-13-30-22(17-7-1-5-16-6-2-8-19(28)20(16)17)21(29)23(18)31-25(32-24)34-14-26-9-3-11-33(26)12-4-10-26/h1-2,5-8,13H,3-4,9-12,14-15H2. The van der Waals surface area contributed by atoms with Gasteiger partial charge in [-0.05, 0) is 50.2 Å². The second kappa shape index (κ2) is 8.64. The second-order valence-corrected chi connectivity index (χ2v) is 9.10. The van der Waals surface area contributed by atoms with Gasteiger partial charge in [-0.1, -0.05) is 30.3 Å². The molecule has 6 rings (SSSR count). The van der Waals surface area contributed by atoms with Crippen molar-refractivity contribution in [1.82, 2.24) is 19.9 Å². The number of fused-ring (bicyclic) bond motifs is 3. The van der Waals surface area contributed by atoms with E-state index < -0.39 is 18.5 Å². The SMILES string of the molecule is FCOc1nc(OCC23CCCN2CCC3)nc2c(F)c(-c3cccc4cccc(F)c34)ncc12. The lowest BCUT2D eigenvalue weighted by atomic mass is 9.95. The highest BCUT2D eigenvalue weighted by molar-refractivity contribution is 5.98. The highest BCUT2D eigenvalue weighted by Gasteiger charge is 2.45. The molecule has 2 aliphatic rings. The van der Waals surface area contributed by atoms with Gasteiger partial charge in [0.05, 0.1) is 10.9 Å². The Morgan fingerprint density at radius 2 is 1.74 bits per heavy atom. The Morgan fingerprint density at radius 3 is 2.51 bits per heavy atom. The summed E-state index contributed by atoms with van der Waals surface area (Å²) in [4.78, 5) is 15.1. The van der Waals surface area contributed by atoms with E-state index in [2.05, 4.69) is 19.9 Å². The summed E-state index contributed by atoms with van der Waals surface area (Å²) >= 11 is 0. The van der Waals surface area contributed by atoms with E-state index >= 15 is 4.39 Å². The maximum Gasteiger partial charge on any atom is 0.320 e. The Balaban J connectivity index is 1.45. The van der Waals surface area contributed by atoms with Gasteiger partial charge < -0.3 is 9.47 Å². The lowest BCUT2D eigenvalue weighted by molar-refractivity contribution is 0.106. The average Bonchev–Trinajstić information content (AvgIpc) is 3.44. The van der Waals surface area contributed by atoms with Crippen LogP contribution in [0.25, 0.3) is 32.9 Å². The van der Waals surface area contributed by atoms with Crippen molar-refractivity contribution in [2.75, 3.05) is 26.6 Å². The van der Waals surface area contributed by atoms with Gasteiger partial charge in [0.1, 0.15) is 23.6 Å². The van der Waals surface area contributed by atoms with Gasteiger partial charge in [0.2, 0.25) is 12.7 Å². The van der Waals surface area contributed by atoms with Gasteiger partial charge in [-0.2, -0.15) is 9.97 Å². The molecule has 2 saturated heterocycles. The molecule has 0 spiro atoms. The number of halogens is 3. The molecule has 2 aromatic heterocycles. The van der Waals surface area contributed by atoms with E-state index in [9.17, 15) is 8.78 Å². The summed E-state index contributed by atoms with van der Waals surface area (Å²) in [5.41, 5.74) is 0.0341. The first-order chi connectivity index (χ1) is 17.1. The number of pyridine rings is 1. The fraction of sp³-hybridized carbons (Fsp3) is 0.346. The van der Waals surface area contributed by atoms with E-state index in [-0.39, 0.29) is 39.4 Å². The third kappa shape index (κ3) is 3.65. The normalized spacial score (nSPS) is 17.2. The van der Waals surface area contributed by atoms with Gasteiger partial charge in [0, 0.05) is 17.1 Å². The van der Waals surface area contributed by atoms with Gasteiger partial charge in [0.15, 0.2) is 5.82 Å². The molecule has 6 nitrogen and oxygen atoms in total. The van der Waals surface area contributed by atoms with Crippen LogP contribution in [0.4, 0.5) is 13.2 Å². The minimum absolute atomic E-state index is 0.0676. The third-order valence-corrected chi connectivity index (χ3v) is 7.21. The van der Waals surface area contributed by atoms with Crippen molar-refractivity contribution >= 4 is 21.7 Å². The zero-order valence-corrected chi connectivity index (χ0v) is 18.9. The van der Waals surface area contributed by atoms with Crippen LogP contribution in [0, 0.1) is 11.6 Å². The van der Waals surface area contributed by atoms with E-state index in [1.807, 2.05) is 0 Å². The molecule has 2 aromatic carbocycles. The third-order valence-electron chi connectivity index (χ3n) is 7.21. The molecule has 4 aromatic rings. The van der Waals surface area contributed by atoms with Crippen molar-refractivity contribution in [3.63, 3.8) is 0 Å². The molecular formula is C26H23F3N4O2. The molecule has 0 bridgehead atoms. The van der Waals surface area contributed by atoms with Crippen LogP contribution in [-0.2, 0) is 0 Å². The van der Waals surface area contributed by atoms with Gasteiger partial charge in [0.25, 0.3) is 0 Å². The van der Waals surface area contributed by atoms with Crippen LogP contribution in [0.2, 0.25) is 0 Å². The maximum atomic E-state index is 15.9. The van der Waals surface area contributed by atoms with Crippen molar-refractivity contribution in [3.8, 4) is 23.1 Å². The van der Waals surface area contributed by atoms with Gasteiger partial charge in [-0.15, -0.1) is 0 Å². The molecule has 0 aliphatic carbocycles. The monoisotopic (exact) mass is 480 g/mol. The summed E-state index contributed by atoms with van der Waals surface area (Å²) in [5, 5.41) is 0.987. The van der Waals surface area contributed by atoms with Crippen LogP contribution in [0.3, 0.4) is 0 Å². The quantitative estimate of drug-likeness (QED) is 0.367. The number of hydrogen-bond donors (Lipinski definition) is 0. The first-order valence-corrected chi connectivity index (χ1v) is 11.7. The molecule has 0 radical (unpaired) electrons. The first-order valence-electron chi connectivity index (χ1n) is 11.7. The summed E-state index contributed by atoms with van der Waals surface area (Å²) in [5.74, 6) is -1.41. The summed E-state index contributed by atoms with van der Waals surface area (Å²) in [6.45, 7) is 1.27. The first kappa shape index (κ1) is 22.0. The van der Waals surface area contributed by atoms with Gasteiger partial charge in [-0.3, -0.25) is 9.88 Å². The average molecular weight is 480 g/mol. The fourth-order valence-corrected chi connectivity index (χ4v) is 5.58. The lowest BCUT2D eigenvalue weighted by Crippen LogP contribution is -2.43. The molecule has 35 heavy (non-hydrogen) atoms. The number of rotatable bonds is 6. The highest BCUT2D eigenvalue weighted by Crippen LogP contribution is 2.40. The molecule has 0 unspecified atom stereocenters. The zero-order chi connectivity index (χ0) is 24.0. The predicted octanol–water partition coefficient (Wildman–Crippen LogP) is 5.44. The van der Waals surface area contributed by atoms with Gasteiger partial charge >= 0.3 is 6.01 Å². The summed E-state index contributed by atoms with van der Waals surface area (Å²) in [7, 11) is 0. The van der Waals surface area contributed by atoms with Crippen molar-refractivity contribution in [2.45, 2.75) is 31.2 Å². The maximum absolute atomic E-state index is 15.9. The van der Waals surface area contributed by atoms with Crippen LogP contribution in [0.1, 0.15) is 25.7 Å². The largest absolute Gasteiger partial charge is 0.461 e. The van der Waals surface area contributed by atoms with E-state index in [1.54, 1.807) is 30.3 Å². The molecule has 0 amide bonds. The fourth-order valence-electron chi connectivity index (χ4n) is 5.58. The number of nitrogens with zero attached hydrogens (tertiary/aromatic N) is 4. The Labute approximate surface area is 199 Å². The van der Waals surface area contributed by atoms with Crippen molar-refractivity contribution in [1.29, 1.82) is 0 Å². The number of benzene rings is 2. The van der Waals surface area contributed by atoms with E-state index in [0.717, 1.165) is 38.8 Å². The number of aromatic nitrogens is 3. The van der Waals surface area contributed by atoms with Crippen LogP contribution in [-0.4, -0.2) is 51.9 Å². The molecule has 0 atom stereocenters. The van der Waals surface area contributed by atoms with Gasteiger partial charge in [-0.25, -0.2) is 13.2 Å². The Kier molecular flexibility index (Phi) is 5.44. The van der Waals surface area contributed by atoms with Crippen molar-refractivity contribution in [2.24, 2.45) is 0 Å². The summed E-state index contributed by atoms with van der Waals surface area (Å²) in [6.07, 6.45) is 5.55. The lowest BCUT2D eigenvalue weighted by Gasteiger charge is -2.31. The molecule has 0 N–H and O–H groups in total. The Bertz CT molecular complexity index is 1420. The Morgan fingerprint density at radius 1 is 0.971 bits per heavy atom. The summed E-state index contributed by atoms with van der Waals surface area (Å²) < 4.78 is 54.7. The van der Waals surface area contributed by atoms with Crippen LogP contribution < -0.4 is 9.47 Å².